The summed E-state index contributed by atoms with van der Waals surface area (Å²) in [6, 6.07) is 12.2. The Balaban J connectivity index is 1.99. The second kappa shape index (κ2) is 10.3. The van der Waals surface area contributed by atoms with Crippen LogP contribution in [0.25, 0.3) is 6.08 Å². The zero-order valence-electron chi connectivity index (χ0n) is 17.4. The van der Waals surface area contributed by atoms with E-state index in [2.05, 4.69) is 10.3 Å². The molecule has 9 heteroatoms. The van der Waals surface area contributed by atoms with Crippen molar-refractivity contribution >= 4 is 46.9 Å². The maximum absolute atomic E-state index is 13.1. The number of hydrogen-bond donors (Lipinski definition) is 2. The lowest BCUT2D eigenvalue weighted by atomic mass is 10.2. The number of carboxylic acids is 1. The number of ether oxygens (including phenoxy) is 1. The van der Waals surface area contributed by atoms with Crippen LogP contribution in [0.1, 0.15) is 25.0 Å². The quantitative estimate of drug-likeness (QED) is 0.435. The Morgan fingerprint density at radius 1 is 1.22 bits per heavy atom. The highest BCUT2D eigenvalue weighted by atomic mass is 35.5. The Morgan fingerprint density at radius 2 is 1.94 bits per heavy atom. The monoisotopic (exact) mass is 473 g/mol. The molecule has 0 bridgehead atoms. The topological polar surface area (TPSA) is 93.5 Å². The molecule has 2 aromatic carbocycles. The van der Waals surface area contributed by atoms with E-state index in [0.29, 0.717) is 21.5 Å². The minimum Gasteiger partial charge on any atom is -0.489 e. The van der Waals surface area contributed by atoms with Crippen LogP contribution >= 0.6 is 23.2 Å². The van der Waals surface area contributed by atoms with Crippen molar-refractivity contribution in [3.05, 3.63) is 86.3 Å². The average molecular weight is 474 g/mol. The predicted molar refractivity (Wildman–Crippen MR) is 126 cm³/mol. The summed E-state index contributed by atoms with van der Waals surface area (Å²) in [5, 5.41) is 13.0. The van der Waals surface area contributed by atoms with Crippen molar-refractivity contribution in [2.45, 2.75) is 26.5 Å². The lowest BCUT2D eigenvalue weighted by Gasteiger charge is -2.16. The third-order valence-corrected chi connectivity index (χ3v) is 4.83. The van der Waals surface area contributed by atoms with Crippen LogP contribution < -0.4 is 15.6 Å². The molecule has 0 fully saturated rings. The number of rotatable bonds is 8. The predicted octanol–water partition coefficient (Wildman–Crippen LogP) is 5.23. The molecule has 0 radical (unpaired) electrons. The van der Waals surface area contributed by atoms with Crippen LogP contribution in [-0.2, 0) is 11.3 Å². The summed E-state index contributed by atoms with van der Waals surface area (Å²) in [6.07, 6.45) is 3.41. The molecule has 0 atom stereocenters. The molecule has 3 aromatic rings. The minimum absolute atomic E-state index is 0.0241. The standard InChI is InChI=1S/C23H21Cl2N3O4/c1-14(2)32-20-9-8-18(11-19(20)25)27-23-26-12-16(5-10-21(29)30)22(31)28(23)13-15-3-6-17(24)7-4-15/h3-12,14H,13H2,1-2H3,(H,26,27)(H,29,30). The second-order valence-electron chi connectivity index (χ2n) is 7.16. The first-order chi connectivity index (χ1) is 15.2. The molecule has 1 heterocycles. The largest absolute Gasteiger partial charge is 0.489 e. The van der Waals surface area contributed by atoms with Crippen LogP contribution in [0.5, 0.6) is 5.75 Å². The molecule has 166 valence electrons. The van der Waals surface area contributed by atoms with Gasteiger partial charge < -0.3 is 15.2 Å². The van der Waals surface area contributed by atoms with Gasteiger partial charge in [0.1, 0.15) is 5.75 Å². The van der Waals surface area contributed by atoms with Crippen LogP contribution in [-0.4, -0.2) is 26.7 Å². The van der Waals surface area contributed by atoms with E-state index < -0.39 is 11.5 Å². The molecule has 32 heavy (non-hydrogen) atoms. The normalized spacial score (nSPS) is 11.2. The summed E-state index contributed by atoms with van der Waals surface area (Å²) < 4.78 is 7.06. The Morgan fingerprint density at radius 3 is 2.56 bits per heavy atom. The minimum atomic E-state index is -1.16. The number of halogens is 2. The third-order valence-electron chi connectivity index (χ3n) is 4.28. The first-order valence-electron chi connectivity index (χ1n) is 9.71. The van der Waals surface area contributed by atoms with Crippen molar-refractivity contribution in [3.8, 4) is 5.75 Å². The van der Waals surface area contributed by atoms with Crippen LogP contribution in [0.4, 0.5) is 11.6 Å². The SMILES string of the molecule is CC(C)Oc1ccc(Nc2ncc(C=CC(=O)O)c(=O)n2Cc2ccc(Cl)cc2)cc1Cl. The van der Waals surface area contributed by atoms with E-state index in [4.69, 9.17) is 33.0 Å². The average Bonchev–Trinajstić information content (AvgIpc) is 2.73. The van der Waals surface area contributed by atoms with Gasteiger partial charge in [-0.3, -0.25) is 9.36 Å². The summed E-state index contributed by atoms with van der Waals surface area (Å²) in [6.45, 7) is 4.01. The zero-order valence-corrected chi connectivity index (χ0v) is 18.9. The van der Waals surface area contributed by atoms with E-state index in [1.807, 2.05) is 13.8 Å². The van der Waals surface area contributed by atoms with Gasteiger partial charge in [-0.15, -0.1) is 0 Å². The number of hydrogen-bond acceptors (Lipinski definition) is 5. The second-order valence-corrected chi connectivity index (χ2v) is 8.01. The lowest BCUT2D eigenvalue weighted by molar-refractivity contribution is -0.131. The van der Waals surface area contributed by atoms with Gasteiger partial charge in [-0.1, -0.05) is 35.3 Å². The summed E-state index contributed by atoms with van der Waals surface area (Å²) in [5.74, 6) is -0.340. The summed E-state index contributed by atoms with van der Waals surface area (Å²) in [5.41, 5.74) is 1.17. The molecule has 7 nitrogen and oxygen atoms in total. The van der Waals surface area contributed by atoms with Crippen LogP contribution in [0.2, 0.25) is 10.0 Å². The molecule has 0 unspecified atom stereocenters. The molecule has 0 aliphatic heterocycles. The van der Waals surface area contributed by atoms with E-state index in [1.165, 1.54) is 16.8 Å². The zero-order chi connectivity index (χ0) is 23.3. The first kappa shape index (κ1) is 23.4. The van der Waals surface area contributed by atoms with Crippen molar-refractivity contribution in [2.24, 2.45) is 0 Å². The highest BCUT2D eigenvalue weighted by Gasteiger charge is 2.12. The molecule has 0 aliphatic carbocycles. The number of aliphatic carboxylic acids is 1. The third kappa shape index (κ3) is 6.12. The van der Waals surface area contributed by atoms with Gasteiger partial charge in [0.2, 0.25) is 5.95 Å². The van der Waals surface area contributed by atoms with Crippen molar-refractivity contribution in [2.75, 3.05) is 5.32 Å². The maximum Gasteiger partial charge on any atom is 0.328 e. The van der Waals surface area contributed by atoms with Gasteiger partial charge in [-0.2, -0.15) is 0 Å². The van der Waals surface area contributed by atoms with Crippen LogP contribution in [0.3, 0.4) is 0 Å². The Bertz CT molecular complexity index is 1200. The smallest absolute Gasteiger partial charge is 0.328 e. The molecule has 0 amide bonds. The summed E-state index contributed by atoms with van der Waals surface area (Å²) >= 11 is 12.3. The highest BCUT2D eigenvalue weighted by molar-refractivity contribution is 6.32. The Labute approximate surface area is 194 Å². The number of nitrogens with one attached hydrogen (secondary N) is 1. The fourth-order valence-corrected chi connectivity index (χ4v) is 3.21. The number of nitrogens with zero attached hydrogens (tertiary/aromatic N) is 2. The van der Waals surface area contributed by atoms with Crippen molar-refractivity contribution in [3.63, 3.8) is 0 Å². The van der Waals surface area contributed by atoms with Gasteiger partial charge in [0.05, 0.1) is 23.2 Å². The van der Waals surface area contributed by atoms with Crippen LogP contribution in [0, 0.1) is 0 Å². The molecule has 2 N–H and O–H groups in total. The Kier molecular flexibility index (Phi) is 7.56. The van der Waals surface area contributed by atoms with Gasteiger partial charge in [0.15, 0.2) is 0 Å². The fraction of sp³-hybridized carbons (Fsp3) is 0.174. The number of aromatic nitrogens is 2. The van der Waals surface area contributed by atoms with E-state index in [-0.39, 0.29) is 24.2 Å². The van der Waals surface area contributed by atoms with Crippen LogP contribution in [0.15, 0.2) is 59.5 Å². The number of anilines is 2. The maximum atomic E-state index is 13.1. The van der Waals surface area contributed by atoms with Gasteiger partial charge in [-0.25, -0.2) is 9.78 Å². The van der Waals surface area contributed by atoms with E-state index >= 15 is 0 Å². The molecule has 0 saturated heterocycles. The van der Waals surface area contributed by atoms with E-state index in [1.54, 1.807) is 42.5 Å². The summed E-state index contributed by atoms with van der Waals surface area (Å²) in [7, 11) is 0. The summed E-state index contributed by atoms with van der Waals surface area (Å²) in [4.78, 5) is 28.3. The molecule has 0 aliphatic rings. The first-order valence-corrected chi connectivity index (χ1v) is 10.5. The Hall–Kier alpha value is -3.29. The van der Waals surface area contributed by atoms with Gasteiger partial charge in [0, 0.05) is 23.0 Å². The van der Waals surface area contributed by atoms with Gasteiger partial charge >= 0.3 is 5.97 Å². The lowest BCUT2D eigenvalue weighted by Crippen LogP contribution is -2.26. The van der Waals surface area contributed by atoms with E-state index in [9.17, 15) is 9.59 Å². The molecule has 0 saturated carbocycles. The number of carbonyl (C=O) groups is 1. The fourth-order valence-electron chi connectivity index (χ4n) is 2.86. The van der Waals surface area contributed by atoms with Crippen molar-refractivity contribution < 1.29 is 14.6 Å². The van der Waals surface area contributed by atoms with E-state index in [0.717, 1.165) is 11.6 Å². The number of benzene rings is 2. The molecule has 1 aromatic heterocycles. The van der Waals surface area contributed by atoms with Gasteiger partial charge in [-0.05, 0) is 55.8 Å². The van der Waals surface area contributed by atoms with Crippen molar-refractivity contribution in [1.29, 1.82) is 0 Å². The van der Waals surface area contributed by atoms with Gasteiger partial charge in [0.25, 0.3) is 5.56 Å². The molecule has 3 rings (SSSR count). The molecular weight excluding hydrogens is 453 g/mol. The van der Waals surface area contributed by atoms with Crippen molar-refractivity contribution in [1.82, 2.24) is 9.55 Å². The highest BCUT2D eigenvalue weighted by Crippen LogP contribution is 2.29. The molecular formula is C23H21Cl2N3O4. The number of carboxylic acid groups (broad SMARTS) is 1. The molecule has 0 spiro atoms.